The van der Waals surface area contributed by atoms with Gasteiger partial charge in [0, 0.05) is 48.3 Å². The molecule has 2 N–H and O–H groups in total. The number of piperidine rings is 1. The molecule has 0 spiro atoms. The predicted octanol–water partition coefficient (Wildman–Crippen LogP) is 7.07. The Balaban J connectivity index is 1.05. The molecular weight excluding hydrogens is 536 g/mol. The monoisotopic (exact) mass is 576 g/mol. The minimum absolute atomic E-state index is 0.00134. The number of benzene rings is 2. The van der Waals surface area contributed by atoms with Crippen LogP contribution in [0.25, 0.3) is 11.1 Å². The van der Waals surface area contributed by atoms with Crippen LogP contribution < -0.4 is 10.6 Å². The first-order valence-electron chi connectivity index (χ1n) is 15.4. The molecule has 222 valence electrons. The average Bonchev–Trinajstić information content (AvgIpc) is 3.46. The van der Waals surface area contributed by atoms with Crippen molar-refractivity contribution in [2.75, 3.05) is 23.7 Å². The summed E-state index contributed by atoms with van der Waals surface area (Å²) in [5, 5.41) is 10.8. The Morgan fingerprint density at radius 2 is 1.63 bits per heavy atom. The molecule has 1 saturated heterocycles. The van der Waals surface area contributed by atoms with E-state index >= 15 is 0 Å². The molecule has 2 aromatic heterocycles. The van der Waals surface area contributed by atoms with Gasteiger partial charge < -0.3 is 15.5 Å². The highest BCUT2D eigenvalue weighted by atomic mass is 16.2. The maximum absolute atomic E-state index is 13.5. The van der Waals surface area contributed by atoms with E-state index < -0.39 is 0 Å². The molecular formula is C35H40N6O2. The summed E-state index contributed by atoms with van der Waals surface area (Å²) in [7, 11) is 0. The Hall–Kier alpha value is -4.46. The first-order chi connectivity index (χ1) is 20.8. The van der Waals surface area contributed by atoms with Crippen LogP contribution in [0.3, 0.4) is 0 Å². The third-order valence-corrected chi connectivity index (χ3v) is 8.74. The second-order valence-electron chi connectivity index (χ2n) is 12.2. The molecule has 2 fully saturated rings. The van der Waals surface area contributed by atoms with Crippen molar-refractivity contribution in [2.24, 2.45) is 0 Å². The fourth-order valence-electron chi connectivity index (χ4n) is 5.88. The van der Waals surface area contributed by atoms with Crippen LogP contribution in [0.2, 0.25) is 0 Å². The van der Waals surface area contributed by atoms with E-state index in [0.29, 0.717) is 41.9 Å². The van der Waals surface area contributed by atoms with Crippen molar-refractivity contribution in [2.45, 2.75) is 70.9 Å². The number of hydrogen-bond acceptors (Lipinski definition) is 5. The van der Waals surface area contributed by atoms with Crippen LogP contribution in [-0.2, 0) is 0 Å². The predicted molar refractivity (Wildman–Crippen MR) is 171 cm³/mol. The van der Waals surface area contributed by atoms with Crippen LogP contribution in [0.5, 0.6) is 0 Å². The van der Waals surface area contributed by atoms with Gasteiger partial charge in [0.05, 0.1) is 17.8 Å². The Labute approximate surface area is 253 Å². The molecule has 4 aromatic rings. The number of likely N-dealkylation sites (tertiary alicyclic amines) is 1. The van der Waals surface area contributed by atoms with Gasteiger partial charge in [0.15, 0.2) is 0 Å². The number of nitrogens with zero attached hydrogens (tertiary/aromatic N) is 4. The van der Waals surface area contributed by atoms with Gasteiger partial charge in [-0.1, -0.05) is 30.3 Å². The first-order valence-corrected chi connectivity index (χ1v) is 15.4. The minimum atomic E-state index is -0.254. The van der Waals surface area contributed by atoms with E-state index in [1.54, 1.807) is 24.4 Å². The molecule has 0 radical (unpaired) electrons. The van der Waals surface area contributed by atoms with Gasteiger partial charge in [-0.2, -0.15) is 5.10 Å². The second kappa shape index (κ2) is 12.4. The van der Waals surface area contributed by atoms with Crippen molar-refractivity contribution in [3.8, 4) is 11.1 Å². The maximum Gasteiger partial charge on any atom is 0.257 e. The van der Waals surface area contributed by atoms with Crippen molar-refractivity contribution in [1.29, 1.82) is 0 Å². The summed E-state index contributed by atoms with van der Waals surface area (Å²) in [6, 6.07) is 18.8. The topological polar surface area (TPSA) is 92.2 Å². The molecule has 2 amide bonds. The Morgan fingerprint density at radius 3 is 2.28 bits per heavy atom. The Morgan fingerprint density at radius 1 is 0.884 bits per heavy atom. The van der Waals surface area contributed by atoms with Crippen LogP contribution in [0.1, 0.15) is 89.8 Å². The van der Waals surface area contributed by atoms with Crippen LogP contribution in [0.15, 0.2) is 73.2 Å². The summed E-state index contributed by atoms with van der Waals surface area (Å²) in [4.78, 5) is 32.6. The van der Waals surface area contributed by atoms with E-state index in [-0.39, 0.29) is 17.9 Å². The van der Waals surface area contributed by atoms with Crippen LogP contribution in [0, 0.1) is 6.92 Å². The molecule has 2 aromatic carbocycles. The summed E-state index contributed by atoms with van der Waals surface area (Å²) in [5.74, 6) is 0.900. The quantitative estimate of drug-likeness (QED) is 0.234. The lowest BCUT2D eigenvalue weighted by Gasteiger charge is -2.32. The number of carbonyl (C=O) groups is 2. The highest BCUT2D eigenvalue weighted by molar-refractivity contribution is 6.05. The van der Waals surface area contributed by atoms with E-state index in [9.17, 15) is 9.59 Å². The number of amides is 2. The Bertz CT molecular complexity index is 1580. The first kappa shape index (κ1) is 28.6. The van der Waals surface area contributed by atoms with E-state index in [0.717, 1.165) is 24.2 Å². The maximum atomic E-state index is 13.5. The van der Waals surface area contributed by atoms with Gasteiger partial charge in [0.25, 0.3) is 11.8 Å². The third-order valence-electron chi connectivity index (χ3n) is 8.74. The zero-order valence-electron chi connectivity index (χ0n) is 25.2. The fraction of sp³-hybridized carbons (Fsp3) is 0.371. The number of anilines is 2. The summed E-state index contributed by atoms with van der Waals surface area (Å²) in [6.07, 6.45) is 11.3. The molecule has 43 heavy (non-hydrogen) atoms. The third kappa shape index (κ3) is 6.48. The molecule has 6 rings (SSSR count). The number of aromatic nitrogens is 3. The average molecular weight is 577 g/mol. The number of nitrogens with one attached hydrogen (secondary N) is 2. The lowest BCUT2D eigenvalue weighted by Crippen LogP contribution is -2.38. The van der Waals surface area contributed by atoms with Crippen molar-refractivity contribution in [3.63, 3.8) is 0 Å². The van der Waals surface area contributed by atoms with Crippen LogP contribution in [-0.4, -0.2) is 50.6 Å². The molecule has 8 nitrogen and oxygen atoms in total. The molecule has 2 aliphatic rings. The molecule has 0 unspecified atom stereocenters. The molecule has 3 heterocycles. The molecule has 0 atom stereocenters. The zero-order chi connectivity index (χ0) is 29.9. The number of aryl methyl sites for hydroxylation is 1. The van der Waals surface area contributed by atoms with Gasteiger partial charge in [-0.25, -0.2) is 4.98 Å². The molecule has 0 bridgehead atoms. The highest BCUT2D eigenvalue weighted by Gasteiger charge is 2.25. The highest BCUT2D eigenvalue weighted by Crippen LogP contribution is 2.34. The standard InChI is InChI=1S/C35H40N6O2/c1-23(2)38-33-14-13-29(20-36-33)34(42)39-32-19-28(8-7-24(32)3)35(43)40-17-15-27(16-18-40)25-9-11-26(12-10-25)30-21-37-41(22-30)31-5-4-6-31/h7-14,19-23,27,31H,4-6,15-18H2,1-3H3,(H,36,38)(H,39,42). The largest absolute Gasteiger partial charge is 0.368 e. The van der Waals surface area contributed by atoms with Crippen LogP contribution >= 0.6 is 0 Å². The zero-order valence-corrected chi connectivity index (χ0v) is 25.2. The van der Waals surface area contributed by atoms with E-state index in [4.69, 9.17) is 0 Å². The van der Waals surface area contributed by atoms with Crippen LogP contribution in [0.4, 0.5) is 11.5 Å². The van der Waals surface area contributed by atoms with Crippen molar-refractivity contribution < 1.29 is 9.59 Å². The van der Waals surface area contributed by atoms with E-state index in [2.05, 4.69) is 55.9 Å². The molecule has 1 aliphatic heterocycles. The minimum Gasteiger partial charge on any atom is -0.368 e. The van der Waals surface area contributed by atoms with Crippen molar-refractivity contribution in [1.82, 2.24) is 19.7 Å². The van der Waals surface area contributed by atoms with Gasteiger partial charge in [-0.05, 0) is 99.7 Å². The second-order valence-corrected chi connectivity index (χ2v) is 12.2. The van der Waals surface area contributed by atoms with Gasteiger partial charge in [0.1, 0.15) is 5.82 Å². The molecule has 1 aliphatic carbocycles. The lowest BCUT2D eigenvalue weighted by atomic mass is 9.88. The summed E-state index contributed by atoms with van der Waals surface area (Å²) in [6.45, 7) is 7.41. The number of carbonyl (C=O) groups excluding carboxylic acids is 2. The molecule has 1 saturated carbocycles. The Kier molecular flexibility index (Phi) is 8.27. The number of rotatable bonds is 8. The van der Waals surface area contributed by atoms with Gasteiger partial charge in [-0.3, -0.25) is 14.3 Å². The summed E-state index contributed by atoms with van der Waals surface area (Å²) in [5.41, 5.74) is 6.26. The summed E-state index contributed by atoms with van der Waals surface area (Å²) >= 11 is 0. The van der Waals surface area contributed by atoms with Gasteiger partial charge in [-0.15, -0.1) is 0 Å². The van der Waals surface area contributed by atoms with Gasteiger partial charge in [0.2, 0.25) is 0 Å². The van der Waals surface area contributed by atoms with Gasteiger partial charge >= 0.3 is 0 Å². The van der Waals surface area contributed by atoms with Crippen molar-refractivity contribution >= 4 is 23.3 Å². The number of pyridine rings is 1. The normalized spacial score (nSPS) is 15.8. The smallest absolute Gasteiger partial charge is 0.257 e. The number of hydrogen-bond donors (Lipinski definition) is 2. The van der Waals surface area contributed by atoms with E-state index in [1.807, 2.05) is 44.0 Å². The van der Waals surface area contributed by atoms with Crippen molar-refractivity contribution in [3.05, 3.63) is 95.4 Å². The van der Waals surface area contributed by atoms with E-state index in [1.165, 1.54) is 36.0 Å². The SMILES string of the molecule is Cc1ccc(C(=O)N2CCC(c3ccc(-c4cnn(C5CCC5)c4)cc3)CC2)cc1NC(=O)c1ccc(NC(C)C)nc1. The lowest BCUT2D eigenvalue weighted by molar-refractivity contribution is 0.0712. The molecule has 8 heteroatoms. The summed E-state index contributed by atoms with van der Waals surface area (Å²) < 4.78 is 2.12. The fourth-order valence-corrected chi connectivity index (χ4v) is 5.88.